The van der Waals surface area contributed by atoms with E-state index in [-0.39, 0.29) is 6.54 Å². The van der Waals surface area contributed by atoms with Crippen LogP contribution in [0.15, 0.2) is 47.4 Å². The smallest absolute Gasteiger partial charge is 0.319 e. The summed E-state index contributed by atoms with van der Waals surface area (Å²) in [6.07, 6.45) is 0.836. The van der Waals surface area contributed by atoms with Crippen LogP contribution in [0.1, 0.15) is 22.8 Å². The number of anilines is 1. The molecule has 0 bridgehead atoms. The van der Waals surface area contributed by atoms with Crippen LogP contribution in [0.4, 0.5) is 10.5 Å². The number of aliphatic hydroxyl groups is 1. The van der Waals surface area contributed by atoms with Crippen LogP contribution in [0.5, 0.6) is 0 Å². The molecule has 2 atom stereocenters. The third-order valence-corrected chi connectivity index (χ3v) is 4.46. The van der Waals surface area contributed by atoms with Crippen molar-refractivity contribution in [2.75, 3.05) is 18.1 Å². The lowest BCUT2D eigenvalue weighted by Crippen LogP contribution is -2.32. The normalized spacial score (nSPS) is 13.2. The van der Waals surface area contributed by atoms with Gasteiger partial charge in [-0.05, 0) is 43.7 Å². The number of rotatable bonds is 5. The van der Waals surface area contributed by atoms with Gasteiger partial charge in [0.2, 0.25) is 0 Å². The maximum atomic E-state index is 11.9. The van der Waals surface area contributed by atoms with Gasteiger partial charge in [-0.25, -0.2) is 4.79 Å². The second-order valence-corrected chi connectivity index (χ2v) is 7.13. The zero-order chi connectivity index (χ0) is 17.7. The molecule has 0 spiro atoms. The van der Waals surface area contributed by atoms with Gasteiger partial charge in [-0.2, -0.15) is 0 Å². The molecule has 0 unspecified atom stereocenters. The molecule has 2 aromatic rings. The number of hydrogen-bond acceptors (Lipinski definition) is 3. The quantitative estimate of drug-likeness (QED) is 0.779. The minimum atomic E-state index is -1.05. The van der Waals surface area contributed by atoms with Crippen LogP contribution < -0.4 is 10.6 Å². The summed E-state index contributed by atoms with van der Waals surface area (Å²) < 4.78 is 11.3. The largest absolute Gasteiger partial charge is 0.387 e. The second kappa shape index (κ2) is 8.08. The van der Waals surface area contributed by atoms with Crippen molar-refractivity contribution in [2.45, 2.75) is 24.8 Å². The molecule has 0 aliphatic carbocycles. The van der Waals surface area contributed by atoms with Crippen LogP contribution in [-0.4, -0.2) is 28.1 Å². The molecule has 2 amide bonds. The fourth-order valence-electron chi connectivity index (χ4n) is 2.41. The number of nitrogens with one attached hydrogen (secondary N) is 2. The van der Waals surface area contributed by atoms with Crippen LogP contribution >= 0.6 is 0 Å². The van der Waals surface area contributed by atoms with E-state index in [1.165, 1.54) is 0 Å². The van der Waals surface area contributed by atoms with Gasteiger partial charge in [-0.15, -0.1) is 0 Å². The Morgan fingerprint density at radius 3 is 2.25 bits per heavy atom. The molecule has 0 heterocycles. The number of carbonyl (C=O) groups is 1. The van der Waals surface area contributed by atoms with Crippen molar-refractivity contribution in [3.63, 3.8) is 0 Å². The van der Waals surface area contributed by atoms with Gasteiger partial charge >= 0.3 is 6.03 Å². The van der Waals surface area contributed by atoms with Crippen LogP contribution in [0.25, 0.3) is 0 Å². The van der Waals surface area contributed by atoms with Gasteiger partial charge in [0.1, 0.15) is 0 Å². The highest BCUT2D eigenvalue weighted by Gasteiger charge is 2.10. The van der Waals surface area contributed by atoms with Gasteiger partial charge in [0.05, 0.1) is 6.10 Å². The van der Waals surface area contributed by atoms with Crippen molar-refractivity contribution in [3.05, 3.63) is 59.2 Å². The highest BCUT2D eigenvalue weighted by molar-refractivity contribution is 7.84. The zero-order valence-corrected chi connectivity index (χ0v) is 14.8. The first-order valence-electron chi connectivity index (χ1n) is 7.60. The van der Waals surface area contributed by atoms with E-state index < -0.39 is 22.9 Å². The number of urea groups is 1. The molecule has 2 aromatic carbocycles. The summed E-state index contributed by atoms with van der Waals surface area (Å²) in [5.41, 5.74) is 3.52. The molecule has 5 nitrogen and oxygen atoms in total. The van der Waals surface area contributed by atoms with E-state index in [0.29, 0.717) is 10.6 Å². The van der Waals surface area contributed by atoms with Crippen LogP contribution in [0.2, 0.25) is 0 Å². The van der Waals surface area contributed by atoms with E-state index in [9.17, 15) is 14.1 Å². The van der Waals surface area contributed by atoms with Crippen molar-refractivity contribution < 1.29 is 14.1 Å². The van der Waals surface area contributed by atoms with Gasteiger partial charge in [0.15, 0.2) is 0 Å². The molecule has 0 aliphatic heterocycles. The van der Waals surface area contributed by atoms with Gasteiger partial charge in [0, 0.05) is 34.2 Å². The Hall–Kier alpha value is -2.18. The van der Waals surface area contributed by atoms with E-state index in [1.807, 2.05) is 32.0 Å². The first kappa shape index (κ1) is 18.2. The predicted molar refractivity (Wildman–Crippen MR) is 96.7 cm³/mol. The Morgan fingerprint density at radius 2 is 1.71 bits per heavy atom. The second-order valence-electron chi connectivity index (χ2n) is 5.75. The summed E-state index contributed by atoms with van der Waals surface area (Å²) in [7, 11) is -1.05. The third kappa shape index (κ3) is 5.18. The number of carbonyl (C=O) groups excluding carboxylic acids is 1. The average molecular weight is 346 g/mol. The first-order valence-corrected chi connectivity index (χ1v) is 9.15. The Labute approximate surface area is 144 Å². The number of amides is 2. The zero-order valence-electron chi connectivity index (χ0n) is 14.0. The molecule has 6 heteroatoms. The van der Waals surface area contributed by atoms with Gasteiger partial charge < -0.3 is 15.7 Å². The molecular weight excluding hydrogens is 324 g/mol. The Bertz CT molecular complexity index is 724. The van der Waals surface area contributed by atoms with Crippen molar-refractivity contribution >= 4 is 22.5 Å². The van der Waals surface area contributed by atoms with Crippen LogP contribution in [0.3, 0.4) is 0 Å². The molecule has 0 saturated carbocycles. The van der Waals surface area contributed by atoms with E-state index in [1.54, 1.807) is 30.5 Å². The van der Waals surface area contributed by atoms with E-state index in [2.05, 4.69) is 10.6 Å². The first-order chi connectivity index (χ1) is 11.3. The summed E-state index contributed by atoms with van der Waals surface area (Å²) in [5, 5.41) is 15.5. The average Bonchev–Trinajstić information content (AvgIpc) is 2.52. The lowest BCUT2D eigenvalue weighted by molar-refractivity contribution is 0.175. The third-order valence-electron chi connectivity index (χ3n) is 3.53. The molecule has 3 N–H and O–H groups in total. The maximum Gasteiger partial charge on any atom is 0.319 e. The Balaban J connectivity index is 1.89. The molecule has 2 rings (SSSR count). The molecule has 0 aromatic heterocycles. The fraction of sp³-hybridized carbons (Fsp3) is 0.278. The molecule has 0 aliphatic rings. The number of aryl methyl sites for hydroxylation is 2. The summed E-state index contributed by atoms with van der Waals surface area (Å²) in [4.78, 5) is 12.6. The lowest BCUT2D eigenvalue weighted by Gasteiger charge is -2.14. The Kier molecular flexibility index (Phi) is 6.11. The monoisotopic (exact) mass is 346 g/mol. The van der Waals surface area contributed by atoms with Crippen molar-refractivity contribution in [3.8, 4) is 0 Å². The molecule has 0 saturated heterocycles. The predicted octanol–water partition coefficient (Wildman–Crippen LogP) is 2.90. The van der Waals surface area contributed by atoms with Gasteiger partial charge in [-0.1, -0.05) is 29.3 Å². The molecule has 24 heavy (non-hydrogen) atoms. The molecule has 0 radical (unpaired) electrons. The highest BCUT2D eigenvalue weighted by atomic mass is 32.2. The summed E-state index contributed by atoms with van der Waals surface area (Å²) in [6, 6.07) is 12.2. The van der Waals surface area contributed by atoms with Crippen LogP contribution in [-0.2, 0) is 10.8 Å². The van der Waals surface area contributed by atoms with Crippen molar-refractivity contribution in [1.29, 1.82) is 0 Å². The van der Waals surface area contributed by atoms with Crippen LogP contribution in [0, 0.1) is 13.8 Å². The van der Waals surface area contributed by atoms with E-state index >= 15 is 0 Å². The molecular formula is C18H22N2O3S. The standard InChI is InChI=1S/C18H22N2O3S/c1-12-8-13(2)10-14(9-12)17(21)11-19-18(22)20-15-4-6-16(7-5-15)24(3)23/h4-10,17,21H,11H2,1-3H3,(H2,19,20,22)/t17-,24+/m1/s1. The fourth-order valence-corrected chi connectivity index (χ4v) is 2.93. The molecule has 0 fully saturated rings. The lowest BCUT2D eigenvalue weighted by atomic mass is 10.0. The maximum absolute atomic E-state index is 11.9. The summed E-state index contributed by atoms with van der Waals surface area (Å²) in [6.45, 7) is 4.05. The number of hydrogen-bond donors (Lipinski definition) is 3. The van der Waals surface area contributed by atoms with Crippen molar-refractivity contribution in [2.24, 2.45) is 0 Å². The SMILES string of the molecule is Cc1cc(C)cc([C@H](O)CNC(=O)Nc2ccc([S@](C)=O)cc2)c1. The number of aliphatic hydroxyl groups excluding tert-OH is 1. The number of benzene rings is 2. The summed E-state index contributed by atoms with van der Waals surface area (Å²) in [5.74, 6) is 0. The van der Waals surface area contributed by atoms with Gasteiger partial charge in [-0.3, -0.25) is 4.21 Å². The van der Waals surface area contributed by atoms with Gasteiger partial charge in [0.25, 0.3) is 0 Å². The van der Waals surface area contributed by atoms with E-state index in [0.717, 1.165) is 16.7 Å². The topological polar surface area (TPSA) is 78.4 Å². The Morgan fingerprint density at radius 1 is 1.12 bits per heavy atom. The summed E-state index contributed by atoms with van der Waals surface area (Å²) >= 11 is 0. The minimum absolute atomic E-state index is 0.117. The highest BCUT2D eigenvalue weighted by Crippen LogP contribution is 2.16. The van der Waals surface area contributed by atoms with E-state index in [4.69, 9.17) is 0 Å². The molecule has 128 valence electrons. The van der Waals surface area contributed by atoms with Crippen molar-refractivity contribution in [1.82, 2.24) is 5.32 Å². The minimum Gasteiger partial charge on any atom is -0.387 e.